The van der Waals surface area contributed by atoms with Crippen LogP contribution in [0.4, 0.5) is 5.82 Å². The van der Waals surface area contributed by atoms with Gasteiger partial charge in [-0.15, -0.1) is 22.7 Å². The topological polar surface area (TPSA) is 84.0 Å². The van der Waals surface area contributed by atoms with Crippen molar-refractivity contribution in [3.05, 3.63) is 64.5 Å². The second kappa shape index (κ2) is 6.91. The Morgan fingerprint density at radius 3 is 2.48 bits per heavy atom. The maximum absolute atomic E-state index is 12.3. The average Bonchev–Trinajstić information content (AvgIpc) is 3.45. The van der Waals surface area contributed by atoms with E-state index in [1.165, 1.54) is 11.3 Å². The van der Waals surface area contributed by atoms with Crippen LogP contribution in [0.2, 0.25) is 0 Å². The summed E-state index contributed by atoms with van der Waals surface area (Å²) in [6.07, 6.45) is 0. The third kappa shape index (κ3) is 3.02. The highest BCUT2D eigenvalue weighted by molar-refractivity contribution is 7.18. The summed E-state index contributed by atoms with van der Waals surface area (Å²) in [6.45, 7) is 1.62. The monoisotopic (exact) mass is 418 g/mol. The Morgan fingerprint density at radius 2 is 1.79 bits per heavy atom. The van der Waals surface area contributed by atoms with Gasteiger partial charge in [0.05, 0.1) is 5.39 Å². The predicted octanol–water partition coefficient (Wildman–Crippen LogP) is 4.43. The van der Waals surface area contributed by atoms with E-state index in [0.717, 1.165) is 26.2 Å². The molecule has 2 amide bonds. The fraction of sp³-hybridized carbons (Fsp3) is 0.0476. The van der Waals surface area contributed by atoms with Gasteiger partial charge in [0.25, 0.3) is 11.8 Å². The number of carbonyl (C=O) groups excluding carboxylic acids is 2. The van der Waals surface area contributed by atoms with Crippen molar-refractivity contribution >= 4 is 50.5 Å². The van der Waals surface area contributed by atoms with Crippen molar-refractivity contribution in [2.24, 2.45) is 0 Å². The second-order valence-electron chi connectivity index (χ2n) is 6.48. The number of hydrogen-bond acceptors (Lipinski definition) is 7. The minimum atomic E-state index is -0.451. The minimum absolute atomic E-state index is 0.220. The van der Waals surface area contributed by atoms with Crippen molar-refractivity contribution in [3.63, 3.8) is 0 Å². The van der Waals surface area contributed by atoms with Crippen molar-refractivity contribution in [1.82, 2.24) is 15.3 Å². The second-order valence-corrected chi connectivity index (χ2v) is 8.28. The van der Waals surface area contributed by atoms with Crippen LogP contribution in [0.25, 0.3) is 32.0 Å². The van der Waals surface area contributed by atoms with E-state index in [4.69, 9.17) is 9.97 Å². The largest absolute Gasteiger partial charge is 0.335 e. The molecule has 1 aromatic carbocycles. The lowest BCUT2D eigenvalue weighted by molar-refractivity contribution is -0.124. The number of carbonyl (C=O) groups is 2. The third-order valence-electron chi connectivity index (χ3n) is 4.67. The maximum atomic E-state index is 12.3. The Hall–Kier alpha value is -3.36. The first-order valence-electron chi connectivity index (χ1n) is 8.84. The first kappa shape index (κ1) is 17.7. The highest BCUT2D eigenvalue weighted by Gasteiger charge is 2.28. The molecule has 0 bridgehead atoms. The fourth-order valence-corrected chi connectivity index (χ4v) is 4.94. The van der Waals surface area contributed by atoms with Gasteiger partial charge >= 0.3 is 0 Å². The minimum Gasteiger partial charge on any atom is -0.335 e. The van der Waals surface area contributed by atoms with Crippen molar-refractivity contribution in [1.29, 1.82) is 0 Å². The van der Waals surface area contributed by atoms with Crippen molar-refractivity contribution in [2.75, 3.05) is 5.32 Å². The molecule has 1 aliphatic rings. The predicted molar refractivity (Wildman–Crippen MR) is 116 cm³/mol. The number of fused-ring (bicyclic) bond motifs is 1. The van der Waals surface area contributed by atoms with Crippen LogP contribution in [0.1, 0.15) is 6.92 Å². The van der Waals surface area contributed by atoms with Crippen LogP contribution < -0.4 is 10.6 Å². The van der Waals surface area contributed by atoms with Crippen LogP contribution in [0.5, 0.6) is 0 Å². The van der Waals surface area contributed by atoms with Gasteiger partial charge in [-0.05, 0) is 18.4 Å². The van der Waals surface area contributed by atoms with Gasteiger partial charge in [0.1, 0.15) is 16.3 Å². The Morgan fingerprint density at radius 1 is 0.966 bits per heavy atom. The van der Waals surface area contributed by atoms with Gasteiger partial charge in [0.15, 0.2) is 5.82 Å². The Bertz CT molecular complexity index is 1290. The molecule has 0 saturated carbocycles. The summed E-state index contributed by atoms with van der Waals surface area (Å²) in [5, 5.41) is 10.3. The van der Waals surface area contributed by atoms with E-state index in [1.807, 2.05) is 53.2 Å². The van der Waals surface area contributed by atoms with Crippen molar-refractivity contribution in [3.8, 4) is 21.8 Å². The summed E-state index contributed by atoms with van der Waals surface area (Å²) in [7, 11) is 0. The molecule has 4 heterocycles. The molecule has 0 atom stereocenters. The van der Waals surface area contributed by atoms with Gasteiger partial charge in [-0.2, -0.15) is 0 Å². The number of nitrogens with zero attached hydrogens (tertiary/aromatic N) is 2. The lowest BCUT2D eigenvalue weighted by atomic mass is 10.1. The number of aromatic nitrogens is 2. The van der Waals surface area contributed by atoms with Crippen LogP contribution in [0.15, 0.2) is 64.5 Å². The molecule has 29 heavy (non-hydrogen) atoms. The summed E-state index contributed by atoms with van der Waals surface area (Å²) in [6, 6.07) is 13.7. The van der Waals surface area contributed by atoms with E-state index in [0.29, 0.717) is 17.2 Å². The molecule has 0 unspecified atom stereocenters. The van der Waals surface area contributed by atoms with E-state index >= 15 is 0 Å². The van der Waals surface area contributed by atoms with Gasteiger partial charge in [-0.25, -0.2) is 9.97 Å². The highest BCUT2D eigenvalue weighted by atomic mass is 32.1. The number of rotatable bonds is 4. The lowest BCUT2D eigenvalue weighted by Crippen LogP contribution is -2.24. The Kier molecular flexibility index (Phi) is 4.22. The highest BCUT2D eigenvalue weighted by Crippen LogP contribution is 2.40. The Labute approximate surface area is 173 Å². The average molecular weight is 419 g/mol. The standard InChI is InChI=1S/C21H14N4O2S2/c1-11-16(20(27)25-19(11)26)22-18-15-13(14-8-5-9-28-14)10-29-21(15)24-17(23-18)12-6-3-2-4-7-12/h2-10H,1H3,(H2,22,23,24,25,26,27). The van der Waals surface area contributed by atoms with E-state index in [2.05, 4.69) is 10.6 Å². The number of anilines is 1. The van der Waals surface area contributed by atoms with Crippen molar-refractivity contribution < 1.29 is 9.59 Å². The molecule has 0 aliphatic carbocycles. The number of nitrogens with one attached hydrogen (secondary N) is 2. The molecule has 142 valence electrons. The van der Waals surface area contributed by atoms with Gasteiger partial charge in [0.2, 0.25) is 0 Å². The SMILES string of the molecule is CC1=C(Nc2nc(-c3ccccc3)nc3scc(-c4cccs4)c23)C(=O)NC1=O. The van der Waals surface area contributed by atoms with E-state index in [9.17, 15) is 9.59 Å². The summed E-state index contributed by atoms with van der Waals surface area (Å²) in [4.78, 5) is 35.5. The van der Waals surface area contributed by atoms with Crippen LogP contribution >= 0.6 is 22.7 Å². The first-order valence-corrected chi connectivity index (χ1v) is 10.6. The quantitative estimate of drug-likeness (QED) is 0.479. The zero-order valence-corrected chi connectivity index (χ0v) is 16.9. The van der Waals surface area contributed by atoms with E-state index < -0.39 is 11.8 Å². The zero-order chi connectivity index (χ0) is 20.0. The van der Waals surface area contributed by atoms with Gasteiger partial charge in [-0.1, -0.05) is 36.4 Å². The number of thiophene rings is 2. The van der Waals surface area contributed by atoms with Crippen LogP contribution in [-0.2, 0) is 9.59 Å². The molecule has 1 aliphatic heterocycles. The number of imide groups is 1. The molecule has 6 nitrogen and oxygen atoms in total. The molecular formula is C21H14N4O2S2. The molecular weight excluding hydrogens is 404 g/mol. The third-order valence-corrected chi connectivity index (χ3v) is 6.44. The summed E-state index contributed by atoms with van der Waals surface area (Å²) < 4.78 is 0. The Balaban J connectivity index is 1.73. The summed E-state index contributed by atoms with van der Waals surface area (Å²) in [5.41, 5.74) is 2.44. The first-order chi connectivity index (χ1) is 14.1. The maximum Gasteiger partial charge on any atom is 0.275 e. The van der Waals surface area contributed by atoms with Crippen LogP contribution in [0.3, 0.4) is 0 Å². The van der Waals surface area contributed by atoms with E-state index in [1.54, 1.807) is 18.3 Å². The molecule has 2 N–H and O–H groups in total. The number of hydrogen-bond donors (Lipinski definition) is 2. The summed E-state index contributed by atoms with van der Waals surface area (Å²) in [5.74, 6) is 0.226. The van der Waals surface area contributed by atoms with Gasteiger partial charge in [-0.3, -0.25) is 14.9 Å². The molecule has 0 radical (unpaired) electrons. The lowest BCUT2D eigenvalue weighted by Gasteiger charge is -2.10. The summed E-state index contributed by atoms with van der Waals surface area (Å²) >= 11 is 3.15. The normalized spacial score (nSPS) is 14.0. The van der Waals surface area contributed by atoms with Gasteiger partial charge in [0, 0.05) is 27.0 Å². The molecule has 0 spiro atoms. The molecule has 0 saturated heterocycles. The molecule has 3 aromatic heterocycles. The van der Waals surface area contributed by atoms with Crippen LogP contribution in [-0.4, -0.2) is 21.8 Å². The number of benzene rings is 1. The van der Waals surface area contributed by atoms with Crippen LogP contribution in [0, 0.1) is 0 Å². The van der Waals surface area contributed by atoms with Crippen molar-refractivity contribution in [2.45, 2.75) is 6.92 Å². The van der Waals surface area contributed by atoms with E-state index in [-0.39, 0.29) is 5.70 Å². The molecule has 0 fully saturated rings. The molecule has 8 heteroatoms. The zero-order valence-electron chi connectivity index (χ0n) is 15.2. The van der Waals surface area contributed by atoms with Gasteiger partial charge < -0.3 is 5.32 Å². The number of amides is 2. The fourth-order valence-electron chi connectivity index (χ4n) is 3.17. The smallest absolute Gasteiger partial charge is 0.275 e. The molecule has 4 aromatic rings. The molecule has 5 rings (SSSR count).